The van der Waals surface area contributed by atoms with Crippen LogP contribution in [0.5, 0.6) is 6.01 Å². The van der Waals surface area contributed by atoms with Crippen LogP contribution in [0, 0.1) is 0 Å². The van der Waals surface area contributed by atoms with Gasteiger partial charge in [-0.1, -0.05) is 60.1 Å². The zero-order valence-electron chi connectivity index (χ0n) is 16.8. The van der Waals surface area contributed by atoms with Crippen molar-refractivity contribution in [1.29, 1.82) is 0 Å². The summed E-state index contributed by atoms with van der Waals surface area (Å²) in [4.78, 5) is 34.0. The van der Waals surface area contributed by atoms with Gasteiger partial charge in [0.15, 0.2) is 5.78 Å². The molecule has 0 spiro atoms. The summed E-state index contributed by atoms with van der Waals surface area (Å²) < 4.78 is 5.81. The number of halogens is 1. The molecule has 4 rings (SSSR count). The maximum Gasteiger partial charge on any atom is 0.316 e. The predicted molar refractivity (Wildman–Crippen MR) is 117 cm³/mol. The van der Waals surface area contributed by atoms with Gasteiger partial charge in [-0.3, -0.25) is 9.59 Å². The minimum atomic E-state index is -0.231. The molecule has 2 aromatic carbocycles. The lowest BCUT2D eigenvalue weighted by molar-refractivity contribution is 0.0879. The monoisotopic (exact) mass is 435 g/mol. The van der Waals surface area contributed by atoms with E-state index in [1.54, 1.807) is 36.4 Å². The van der Waals surface area contributed by atoms with Gasteiger partial charge < -0.3 is 10.1 Å². The number of nitrogens with zero attached hydrogens (tertiary/aromatic N) is 2. The Morgan fingerprint density at radius 1 is 0.871 bits per heavy atom. The third-order valence-corrected chi connectivity index (χ3v) is 5.53. The van der Waals surface area contributed by atoms with E-state index in [2.05, 4.69) is 15.3 Å². The van der Waals surface area contributed by atoms with E-state index in [1.807, 2.05) is 18.2 Å². The molecule has 1 saturated carbocycles. The van der Waals surface area contributed by atoms with Crippen molar-refractivity contribution >= 4 is 23.3 Å². The number of ether oxygens (including phenoxy) is 1. The summed E-state index contributed by atoms with van der Waals surface area (Å²) in [6, 6.07) is 16.3. The Morgan fingerprint density at radius 2 is 1.48 bits per heavy atom. The zero-order chi connectivity index (χ0) is 21.6. The third-order valence-electron chi connectivity index (χ3n) is 5.33. The van der Waals surface area contributed by atoms with Crippen LogP contribution in [-0.2, 0) is 0 Å². The molecular formula is C24H22ClN3O3. The van der Waals surface area contributed by atoms with Gasteiger partial charge in [-0.25, -0.2) is 9.97 Å². The van der Waals surface area contributed by atoms with Crippen LogP contribution in [0.25, 0.3) is 0 Å². The standard InChI is InChI=1S/C24H22ClN3O3/c25-17-14-26-24(27-15-17)31-19-12-10-18(11-13-19)28-23(30)21-9-5-4-8-20(21)22(29)16-6-2-1-3-7-16/h1-9,14-15,18-19H,10-13H2,(H,28,30). The molecule has 0 atom stereocenters. The minimum Gasteiger partial charge on any atom is -0.460 e. The van der Waals surface area contributed by atoms with E-state index in [0.29, 0.717) is 27.7 Å². The van der Waals surface area contributed by atoms with Crippen molar-refractivity contribution in [2.24, 2.45) is 0 Å². The molecule has 1 heterocycles. The van der Waals surface area contributed by atoms with Crippen LogP contribution >= 0.6 is 11.6 Å². The molecule has 0 bridgehead atoms. The van der Waals surface area contributed by atoms with Gasteiger partial charge in [-0.2, -0.15) is 0 Å². The molecule has 31 heavy (non-hydrogen) atoms. The fraction of sp³-hybridized carbons (Fsp3) is 0.250. The van der Waals surface area contributed by atoms with Gasteiger partial charge in [-0.05, 0) is 31.7 Å². The highest BCUT2D eigenvalue weighted by atomic mass is 35.5. The van der Waals surface area contributed by atoms with Crippen molar-refractivity contribution in [2.45, 2.75) is 37.8 Å². The van der Waals surface area contributed by atoms with Gasteiger partial charge in [0.05, 0.1) is 23.0 Å². The summed E-state index contributed by atoms with van der Waals surface area (Å²) in [5.41, 5.74) is 1.36. The van der Waals surface area contributed by atoms with Crippen molar-refractivity contribution < 1.29 is 14.3 Å². The van der Waals surface area contributed by atoms with Crippen LogP contribution in [0.15, 0.2) is 67.0 Å². The maximum absolute atomic E-state index is 12.9. The number of aromatic nitrogens is 2. The molecule has 1 aliphatic carbocycles. The maximum atomic E-state index is 12.9. The number of nitrogens with one attached hydrogen (secondary N) is 1. The molecule has 0 saturated heterocycles. The number of carbonyl (C=O) groups is 2. The van der Waals surface area contributed by atoms with Crippen molar-refractivity contribution in [3.05, 3.63) is 88.7 Å². The fourth-order valence-corrected chi connectivity index (χ4v) is 3.82. The highest BCUT2D eigenvalue weighted by Gasteiger charge is 2.26. The van der Waals surface area contributed by atoms with Crippen LogP contribution < -0.4 is 10.1 Å². The summed E-state index contributed by atoms with van der Waals surface area (Å²) in [5, 5.41) is 3.54. The van der Waals surface area contributed by atoms with Crippen LogP contribution in [-0.4, -0.2) is 33.8 Å². The number of ketones is 1. The lowest BCUT2D eigenvalue weighted by atomic mass is 9.92. The number of carbonyl (C=O) groups excluding carboxylic acids is 2. The highest BCUT2D eigenvalue weighted by molar-refractivity contribution is 6.30. The minimum absolute atomic E-state index is 0.00118. The molecule has 1 fully saturated rings. The molecule has 3 aromatic rings. The molecule has 7 heteroatoms. The predicted octanol–water partition coefficient (Wildman–Crippen LogP) is 4.48. The Morgan fingerprint density at radius 3 is 2.16 bits per heavy atom. The number of amides is 1. The van der Waals surface area contributed by atoms with Crippen molar-refractivity contribution in [1.82, 2.24) is 15.3 Å². The van der Waals surface area contributed by atoms with Gasteiger partial charge in [0.1, 0.15) is 6.10 Å². The van der Waals surface area contributed by atoms with Gasteiger partial charge >= 0.3 is 6.01 Å². The summed E-state index contributed by atoms with van der Waals surface area (Å²) in [7, 11) is 0. The average molecular weight is 436 g/mol. The Labute approximate surface area is 185 Å². The molecule has 1 aliphatic rings. The van der Waals surface area contributed by atoms with E-state index >= 15 is 0 Å². The zero-order valence-corrected chi connectivity index (χ0v) is 17.6. The van der Waals surface area contributed by atoms with Crippen LogP contribution in [0.4, 0.5) is 0 Å². The molecule has 158 valence electrons. The number of hydrogen-bond acceptors (Lipinski definition) is 5. The molecule has 0 aliphatic heterocycles. The number of hydrogen-bond donors (Lipinski definition) is 1. The normalized spacial score (nSPS) is 18.2. The number of rotatable bonds is 6. The summed E-state index contributed by atoms with van der Waals surface area (Å²) in [6.07, 6.45) is 6.12. The summed E-state index contributed by atoms with van der Waals surface area (Å²) >= 11 is 5.80. The second kappa shape index (κ2) is 9.71. The van der Waals surface area contributed by atoms with Crippen LogP contribution in [0.1, 0.15) is 52.0 Å². The number of benzene rings is 2. The first-order valence-corrected chi connectivity index (χ1v) is 10.6. The molecular weight excluding hydrogens is 414 g/mol. The molecule has 0 unspecified atom stereocenters. The Balaban J connectivity index is 1.36. The first-order valence-electron chi connectivity index (χ1n) is 10.2. The molecule has 1 aromatic heterocycles. The van der Waals surface area contributed by atoms with Crippen molar-refractivity contribution in [3.63, 3.8) is 0 Å². The average Bonchev–Trinajstić information content (AvgIpc) is 2.82. The summed E-state index contributed by atoms with van der Waals surface area (Å²) in [6.45, 7) is 0. The van der Waals surface area contributed by atoms with Gasteiger partial charge in [0.2, 0.25) is 0 Å². The van der Waals surface area contributed by atoms with Crippen LogP contribution in [0.2, 0.25) is 5.02 Å². The second-order valence-electron chi connectivity index (χ2n) is 7.49. The Kier molecular flexibility index (Phi) is 6.57. The van der Waals surface area contributed by atoms with E-state index in [4.69, 9.17) is 16.3 Å². The smallest absolute Gasteiger partial charge is 0.316 e. The lowest BCUT2D eigenvalue weighted by Gasteiger charge is -2.29. The highest BCUT2D eigenvalue weighted by Crippen LogP contribution is 2.23. The molecule has 0 radical (unpaired) electrons. The van der Waals surface area contributed by atoms with Crippen molar-refractivity contribution in [2.75, 3.05) is 0 Å². The lowest BCUT2D eigenvalue weighted by Crippen LogP contribution is -2.40. The van der Waals surface area contributed by atoms with E-state index in [9.17, 15) is 9.59 Å². The van der Waals surface area contributed by atoms with E-state index in [-0.39, 0.29) is 23.8 Å². The topological polar surface area (TPSA) is 81.2 Å². The largest absolute Gasteiger partial charge is 0.460 e. The van der Waals surface area contributed by atoms with E-state index in [0.717, 1.165) is 25.7 Å². The quantitative estimate of drug-likeness (QED) is 0.577. The Hall–Kier alpha value is -3.25. The molecule has 1 amide bonds. The van der Waals surface area contributed by atoms with Gasteiger partial charge in [0, 0.05) is 17.2 Å². The molecule has 1 N–H and O–H groups in total. The second-order valence-corrected chi connectivity index (χ2v) is 7.93. The van der Waals surface area contributed by atoms with Crippen molar-refractivity contribution in [3.8, 4) is 6.01 Å². The van der Waals surface area contributed by atoms with Gasteiger partial charge in [0.25, 0.3) is 5.91 Å². The van der Waals surface area contributed by atoms with Gasteiger partial charge in [-0.15, -0.1) is 0 Å². The fourth-order valence-electron chi connectivity index (χ4n) is 3.72. The first kappa shape index (κ1) is 21.0. The third kappa shape index (κ3) is 5.27. The van der Waals surface area contributed by atoms with E-state index in [1.165, 1.54) is 12.4 Å². The Bertz CT molecular complexity index is 1050. The first-order chi connectivity index (χ1) is 15.1. The summed E-state index contributed by atoms with van der Waals surface area (Å²) in [5.74, 6) is -0.392. The molecule has 6 nitrogen and oxygen atoms in total. The van der Waals surface area contributed by atoms with Crippen LogP contribution in [0.3, 0.4) is 0 Å². The van der Waals surface area contributed by atoms with E-state index < -0.39 is 0 Å². The SMILES string of the molecule is O=C(NC1CCC(Oc2ncc(Cl)cn2)CC1)c1ccccc1C(=O)c1ccccc1.